The number of benzene rings is 1. The molecule has 0 aliphatic carbocycles. The summed E-state index contributed by atoms with van der Waals surface area (Å²) in [5, 5.41) is 8.72. The summed E-state index contributed by atoms with van der Waals surface area (Å²) in [6, 6.07) is 6.18. The third-order valence-electron chi connectivity index (χ3n) is 4.59. The maximum absolute atomic E-state index is 13.4. The molecule has 8 nitrogen and oxygen atoms in total. The molecule has 3 aromatic rings. The fourth-order valence-corrected chi connectivity index (χ4v) is 3.34. The van der Waals surface area contributed by atoms with E-state index in [1.807, 2.05) is 0 Å². The van der Waals surface area contributed by atoms with E-state index in [2.05, 4.69) is 25.6 Å². The van der Waals surface area contributed by atoms with Gasteiger partial charge in [0.15, 0.2) is 17.2 Å². The average Bonchev–Trinajstić information content (AvgIpc) is 3.20. The van der Waals surface area contributed by atoms with Gasteiger partial charge in [0.1, 0.15) is 5.69 Å². The Kier molecular flexibility index (Phi) is 6.89. The predicted octanol–water partition coefficient (Wildman–Crippen LogP) is 5.58. The smallest absolute Gasteiger partial charge is 0.347 e. The number of hydrogen-bond donors (Lipinski definition) is 2. The average molecular weight is 505 g/mol. The molecule has 3 rings (SSSR count). The molecule has 0 atom stereocenters. The van der Waals surface area contributed by atoms with Crippen molar-refractivity contribution in [1.82, 2.24) is 20.1 Å². The lowest BCUT2D eigenvalue weighted by atomic mass is 10.0. The first-order valence-corrected chi connectivity index (χ1v) is 10.5. The summed E-state index contributed by atoms with van der Waals surface area (Å²) >= 11 is 6.09. The second-order valence-corrected chi connectivity index (χ2v) is 9.00. The number of nitrogens with zero attached hydrogens (tertiary/aromatic N) is 4. The van der Waals surface area contributed by atoms with Gasteiger partial charge in [-0.3, -0.25) is 9.59 Å². The molecule has 2 amide bonds. The first kappa shape index (κ1) is 25.7. The number of carbonyl (C=O) groups is 2. The Hall–Kier alpha value is -3.91. The van der Waals surface area contributed by atoms with Crippen LogP contribution < -0.4 is 10.6 Å². The van der Waals surface area contributed by atoms with Crippen LogP contribution in [0.5, 0.6) is 0 Å². The molecule has 0 radical (unpaired) electrons. The van der Waals surface area contributed by atoms with Crippen molar-refractivity contribution < 1.29 is 22.8 Å². The number of pyridine rings is 1. The van der Waals surface area contributed by atoms with Gasteiger partial charge in [-0.25, -0.2) is 14.5 Å². The Balaban J connectivity index is 2.12. The molecule has 0 unspecified atom stereocenters. The topological polar surface area (TPSA) is 93.3 Å². The van der Waals surface area contributed by atoms with E-state index in [4.69, 9.17) is 18.2 Å². The highest BCUT2D eigenvalue weighted by molar-refractivity contribution is 6.32. The van der Waals surface area contributed by atoms with Crippen LogP contribution in [0.15, 0.2) is 36.5 Å². The van der Waals surface area contributed by atoms with Gasteiger partial charge in [0.25, 0.3) is 11.8 Å². The van der Waals surface area contributed by atoms with Gasteiger partial charge in [-0.1, -0.05) is 17.7 Å². The van der Waals surface area contributed by atoms with Crippen molar-refractivity contribution >= 4 is 34.8 Å². The van der Waals surface area contributed by atoms with Gasteiger partial charge < -0.3 is 10.6 Å². The molecule has 12 heteroatoms. The number of aryl methyl sites for hydroxylation is 1. The fourth-order valence-electron chi connectivity index (χ4n) is 3.14. The monoisotopic (exact) mass is 504 g/mol. The largest absolute Gasteiger partial charge is 0.435 e. The van der Waals surface area contributed by atoms with Gasteiger partial charge in [0.05, 0.1) is 22.8 Å². The summed E-state index contributed by atoms with van der Waals surface area (Å²) in [6.07, 6.45) is -3.55. The van der Waals surface area contributed by atoms with E-state index in [9.17, 15) is 22.8 Å². The van der Waals surface area contributed by atoms with Crippen LogP contribution in [-0.4, -0.2) is 32.1 Å². The molecular weight excluding hydrogens is 485 g/mol. The van der Waals surface area contributed by atoms with Gasteiger partial charge >= 0.3 is 6.18 Å². The van der Waals surface area contributed by atoms with E-state index in [1.54, 1.807) is 27.7 Å². The number of hydrogen-bond acceptors (Lipinski definition) is 4. The van der Waals surface area contributed by atoms with Crippen molar-refractivity contribution in [2.75, 3.05) is 5.32 Å². The van der Waals surface area contributed by atoms with Crippen LogP contribution >= 0.6 is 11.6 Å². The first-order valence-electron chi connectivity index (χ1n) is 10.2. The van der Waals surface area contributed by atoms with E-state index < -0.39 is 34.9 Å². The van der Waals surface area contributed by atoms with Crippen LogP contribution in [0.25, 0.3) is 10.7 Å². The van der Waals surface area contributed by atoms with Gasteiger partial charge in [0.2, 0.25) is 0 Å². The SMILES string of the molecule is [C-]#[N+]c1cc(C)c(NC(=O)c2cc(C(F)(F)F)nn2-c2ncccc2Cl)c(C(=O)NC(C)(C)C)c1. The number of carbonyl (C=O) groups excluding carboxylic acids is 2. The van der Waals surface area contributed by atoms with E-state index >= 15 is 0 Å². The Morgan fingerprint density at radius 1 is 1.14 bits per heavy atom. The molecule has 35 heavy (non-hydrogen) atoms. The second kappa shape index (κ2) is 9.38. The molecule has 182 valence electrons. The summed E-state index contributed by atoms with van der Waals surface area (Å²) in [4.78, 5) is 33.4. The molecule has 0 aliphatic rings. The molecule has 0 fully saturated rings. The van der Waals surface area contributed by atoms with Crippen molar-refractivity contribution in [2.24, 2.45) is 0 Å². The lowest BCUT2D eigenvalue weighted by molar-refractivity contribution is -0.141. The third-order valence-corrected chi connectivity index (χ3v) is 4.89. The molecule has 1 aromatic carbocycles. The van der Waals surface area contributed by atoms with Crippen LogP contribution in [0, 0.1) is 13.5 Å². The Morgan fingerprint density at radius 2 is 1.83 bits per heavy atom. The zero-order valence-corrected chi connectivity index (χ0v) is 19.8. The van der Waals surface area contributed by atoms with Gasteiger partial charge in [-0.2, -0.15) is 18.3 Å². The van der Waals surface area contributed by atoms with Crippen molar-refractivity contribution in [2.45, 2.75) is 39.4 Å². The first-order chi connectivity index (χ1) is 16.2. The van der Waals surface area contributed by atoms with E-state index in [0.717, 1.165) is 0 Å². The summed E-state index contributed by atoms with van der Waals surface area (Å²) in [5.41, 5.74) is -1.91. The molecule has 2 aromatic heterocycles. The number of rotatable bonds is 4. The molecule has 0 saturated carbocycles. The highest BCUT2D eigenvalue weighted by atomic mass is 35.5. The third kappa shape index (κ3) is 5.78. The van der Waals surface area contributed by atoms with Crippen molar-refractivity contribution in [3.63, 3.8) is 0 Å². The molecule has 2 heterocycles. The maximum atomic E-state index is 13.4. The minimum atomic E-state index is -4.84. The summed E-state index contributed by atoms with van der Waals surface area (Å²) in [5.74, 6) is -1.74. The van der Waals surface area contributed by atoms with Crippen LogP contribution in [0.2, 0.25) is 5.02 Å². The van der Waals surface area contributed by atoms with Crippen molar-refractivity contribution in [3.05, 3.63) is 75.5 Å². The number of anilines is 1. The summed E-state index contributed by atoms with van der Waals surface area (Å²) in [7, 11) is 0. The van der Waals surface area contributed by atoms with E-state index in [0.29, 0.717) is 16.3 Å². The van der Waals surface area contributed by atoms with Crippen molar-refractivity contribution in [3.8, 4) is 5.82 Å². The van der Waals surface area contributed by atoms with Gasteiger partial charge in [0, 0.05) is 17.8 Å². The maximum Gasteiger partial charge on any atom is 0.435 e. The van der Waals surface area contributed by atoms with E-state index in [1.165, 1.54) is 30.5 Å². The lowest BCUT2D eigenvalue weighted by Gasteiger charge is -2.22. The Bertz CT molecular complexity index is 1350. The zero-order chi connectivity index (χ0) is 26.1. The van der Waals surface area contributed by atoms with Crippen LogP contribution in [0.1, 0.15) is 52.9 Å². The standard InChI is InChI=1S/C23H20ClF3N6O2/c1-12-9-13(28-5)10-14(20(34)31-22(2,3)4)18(12)30-21(35)16-11-17(23(25,26)27)32-33(16)19-15(24)7-6-8-29-19/h6-11H,1-4H3,(H,30,35)(H,31,34). The number of alkyl halides is 3. The van der Waals surface area contributed by atoms with Crippen LogP contribution in [0.4, 0.5) is 24.5 Å². The molecule has 0 aliphatic heterocycles. The van der Waals surface area contributed by atoms with E-state index in [-0.39, 0.29) is 27.8 Å². The Labute approximate surface area is 203 Å². The van der Waals surface area contributed by atoms with Crippen LogP contribution in [-0.2, 0) is 6.18 Å². The lowest BCUT2D eigenvalue weighted by Crippen LogP contribution is -2.41. The molecular formula is C23H20ClF3N6O2. The van der Waals surface area contributed by atoms with Gasteiger partial charge in [-0.05, 0) is 51.5 Å². The second-order valence-electron chi connectivity index (χ2n) is 8.59. The normalized spacial score (nSPS) is 11.6. The highest BCUT2D eigenvalue weighted by Crippen LogP contribution is 2.32. The molecule has 0 spiro atoms. The van der Waals surface area contributed by atoms with Crippen LogP contribution in [0.3, 0.4) is 0 Å². The minimum absolute atomic E-state index is 0.0164. The zero-order valence-electron chi connectivity index (χ0n) is 19.1. The Morgan fingerprint density at radius 3 is 2.40 bits per heavy atom. The fraction of sp³-hybridized carbons (Fsp3) is 0.261. The molecule has 0 saturated heterocycles. The predicted molar refractivity (Wildman–Crippen MR) is 124 cm³/mol. The number of amides is 2. The minimum Gasteiger partial charge on any atom is -0.347 e. The number of nitrogens with one attached hydrogen (secondary N) is 2. The number of aromatic nitrogens is 3. The van der Waals surface area contributed by atoms with Crippen molar-refractivity contribution in [1.29, 1.82) is 0 Å². The number of halogens is 4. The van der Waals surface area contributed by atoms with Gasteiger partial charge in [-0.15, -0.1) is 0 Å². The summed E-state index contributed by atoms with van der Waals surface area (Å²) < 4.78 is 41.0. The summed E-state index contributed by atoms with van der Waals surface area (Å²) in [6.45, 7) is 14.1. The molecule has 0 bridgehead atoms. The molecule has 2 N–H and O–H groups in total. The highest BCUT2D eigenvalue weighted by Gasteiger charge is 2.37. The quantitative estimate of drug-likeness (QED) is 0.454.